The van der Waals surface area contributed by atoms with E-state index in [0.717, 1.165) is 42.5 Å². The van der Waals surface area contributed by atoms with Crippen molar-refractivity contribution in [3.63, 3.8) is 0 Å². The monoisotopic (exact) mass is 364 g/mol. The van der Waals surface area contributed by atoms with E-state index in [9.17, 15) is 0 Å². The number of oxime groups is 1. The molecule has 3 rings (SSSR count). The van der Waals surface area contributed by atoms with Crippen LogP contribution in [-0.4, -0.2) is 37.7 Å². The first kappa shape index (κ1) is 18.6. The largest absolute Gasteiger partial charge is 0.495 e. The maximum Gasteiger partial charge on any atom is 0.495 e. The molecule has 136 valence electrons. The lowest BCUT2D eigenvalue weighted by Crippen LogP contribution is -2.41. The van der Waals surface area contributed by atoms with Crippen molar-refractivity contribution in [2.75, 3.05) is 18.5 Å². The summed E-state index contributed by atoms with van der Waals surface area (Å²) in [4.78, 5) is 5.38. The molecule has 1 aromatic carbocycles. The number of fused-ring (bicyclic) bond motifs is 1. The summed E-state index contributed by atoms with van der Waals surface area (Å²) in [6, 6.07) is 3.80. The van der Waals surface area contributed by atoms with Gasteiger partial charge in [0, 0.05) is 22.8 Å². The molecule has 1 N–H and O–H groups in total. The number of hydrogen-bond acceptors (Lipinski definition) is 5. The summed E-state index contributed by atoms with van der Waals surface area (Å²) in [7, 11) is -0.504. The van der Waals surface area contributed by atoms with Gasteiger partial charge in [0.25, 0.3) is 0 Å². The Bertz CT molecular complexity index is 648. The van der Waals surface area contributed by atoms with Crippen LogP contribution in [0.5, 0.6) is 0 Å². The van der Waals surface area contributed by atoms with Crippen LogP contribution in [0.1, 0.15) is 52.5 Å². The smallest absolute Gasteiger partial charge is 0.399 e. The molecular weight excluding hydrogens is 338 g/mol. The maximum absolute atomic E-state index is 6.37. The van der Waals surface area contributed by atoms with Gasteiger partial charge in [-0.15, -0.1) is 0 Å². The predicted octanol–water partition coefficient (Wildman–Crippen LogP) is 3.59. The molecule has 1 aromatic rings. The highest BCUT2D eigenvalue weighted by Crippen LogP contribution is 2.37. The Hall–Kier alpha value is -1.24. The van der Waals surface area contributed by atoms with Crippen molar-refractivity contribution in [2.45, 2.75) is 58.2 Å². The van der Waals surface area contributed by atoms with E-state index >= 15 is 0 Å². The number of halogens is 1. The number of benzene rings is 1. The third-order valence-electron chi connectivity index (χ3n) is 5.17. The second kappa shape index (κ2) is 7.18. The van der Waals surface area contributed by atoms with E-state index in [1.807, 2.05) is 39.8 Å². The van der Waals surface area contributed by atoms with Gasteiger partial charge in [-0.1, -0.05) is 16.8 Å². The minimum atomic E-state index is -0.504. The average Bonchev–Trinajstić information content (AvgIpc) is 2.73. The van der Waals surface area contributed by atoms with Crippen LogP contribution in [0.2, 0.25) is 5.02 Å². The Morgan fingerprint density at radius 3 is 2.52 bits per heavy atom. The van der Waals surface area contributed by atoms with Gasteiger partial charge in [0.2, 0.25) is 0 Å². The molecule has 0 saturated carbocycles. The molecular formula is C18H26BClN2O3. The van der Waals surface area contributed by atoms with Gasteiger partial charge in [-0.3, -0.25) is 0 Å². The minimum absolute atomic E-state index is 0.415. The van der Waals surface area contributed by atoms with Crippen molar-refractivity contribution in [1.29, 1.82) is 0 Å². The quantitative estimate of drug-likeness (QED) is 0.774. The molecule has 0 aliphatic carbocycles. The summed E-state index contributed by atoms with van der Waals surface area (Å²) in [6.45, 7) is 9.66. The Morgan fingerprint density at radius 1 is 1.08 bits per heavy atom. The molecule has 7 heteroatoms. The lowest BCUT2D eigenvalue weighted by molar-refractivity contribution is 0.00578. The van der Waals surface area contributed by atoms with Crippen molar-refractivity contribution >= 4 is 36.1 Å². The van der Waals surface area contributed by atoms with Gasteiger partial charge in [-0.25, -0.2) is 0 Å². The molecule has 1 fully saturated rings. The predicted molar refractivity (Wildman–Crippen MR) is 103 cm³/mol. The van der Waals surface area contributed by atoms with Crippen molar-refractivity contribution in [2.24, 2.45) is 5.16 Å². The highest BCUT2D eigenvalue weighted by atomic mass is 35.5. The first-order valence-electron chi connectivity index (χ1n) is 8.88. The SMILES string of the molecule is CC1(C)OB(c2cc(Cl)cc3c2C=NOCCCCCN3)OC1(C)C. The molecule has 2 heterocycles. The van der Waals surface area contributed by atoms with E-state index < -0.39 is 18.3 Å². The fraction of sp³-hybridized carbons (Fsp3) is 0.611. The molecule has 0 atom stereocenters. The first-order chi connectivity index (χ1) is 11.8. The fourth-order valence-electron chi connectivity index (χ4n) is 2.93. The second-order valence-electron chi connectivity index (χ2n) is 7.60. The summed E-state index contributed by atoms with van der Waals surface area (Å²) in [5.74, 6) is 0. The molecule has 2 aliphatic heterocycles. The summed E-state index contributed by atoms with van der Waals surface area (Å²) in [6.07, 6.45) is 4.90. The van der Waals surface area contributed by atoms with Gasteiger partial charge >= 0.3 is 7.12 Å². The van der Waals surface area contributed by atoms with E-state index in [2.05, 4.69) is 10.5 Å². The van der Waals surface area contributed by atoms with E-state index in [0.29, 0.717) is 11.6 Å². The molecule has 0 bridgehead atoms. The topological polar surface area (TPSA) is 52.1 Å². The Balaban J connectivity index is 2.00. The van der Waals surface area contributed by atoms with Gasteiger partial charge in [0.1, 0.15) is 6.61 Å². The first-order valence-corrected chi connectivity index (χ1v) is 9.26. The van der Waals surface area contributed by atoms with Gasteiger partial charge in [0.15, 0.2) is 0 Å². The molecule has 25 heavy (non-hydrogen) atoms. The number of nitrogens with one attached hydrogen (secondary N) is 1. The molecule has 5 nitrogen and oxygen atoms in total. The summed E-state index contributed by atoms with van der Waals surface area (Å²) in [5.41, 5.74) is 1.85. The standard InChI is InChI=1S/C18H26BClN2O3/c1-17(2)18(3,4)25-19(24-17)15-10-13(20)11-16-14(15)12-22-23-9-7-5-6-8-21-16/h10-12,21H,5-9H2,1-4H3. The van der Waals surface area contributed by atoms with Crippen LogP contribution in [0, 0.1) is 0 Å². The number of rotatable bonds is 1. The number of hydrogen-bond donors (Lipinski definition) is 1. The molecule has 0 amide bonds. The van der Waals surface area contributed by atoms with Crippen LogP contribution in [0.25, 0.3) is 0 Å². The zero-order valence-electron chi connectivity index (χ0n) is 15.4. The van der Waals surface area contributed by atoms with Crippen molar-refractivity contribution in [3.8, 4) is 0 Å². The molecule has 1 saturated heterocycles. The van der Waals surface area contributed by atoms with Crippen molar-refractivity contribution in [1.82, 2.24) is 0 Å². The average molecular weight is 365 g/mol. The number of nitrogens with zero attached hydrogens (tertiary/aromatic N) is 1. The second-order valence-corrected chi connectivity index (χ2v) is 8.04. The van der Waals surface area contributed by atoms with Gasteiger partial charge in [-0.05, 0) is 64.6 Å². The van der Waals surface area contributed by atoms with Gasteiger partial charge in [0.05, 0.1) is 17.4 Å². The van der Waals surface area contributed by atoms with Crippen LogP contribution < -0.4 is 10.8 Å². The maximum atomic E-state index is 6.37. The summed E-state index contributed by atoms with van der Waals surface area (Å²) in [5, 5.41) is 8.23. The summed E-state index contributed by atoms with van der Waals surface area (Å²) >= 11 is 6.37. The van der Waals surface area contributed by atoms with Crippen molar-refractivity contribution < 1.29 is 14.1 Å². The Morgan fingerprint density at radius 2 is 1.80 bits per heavy atom. The molecule has 2 aliphatic rings. The van der Waals surface area contributed by atoms with Crippen LogP contribution in [0.3, 0.4) is 0 Å². The van der Waals surface area contributed by atoms with Crippen LogP contribution in [-0.2, 0) is 14.1 Å². The zero-order valence-corrected chi connectivity index (χ0v) is 16.2. The van der Waals surface area contributed by atoms with E-state index in [1.54, 1.807) is 6.21 Å². The van der Waals surface area contributed by atoms with Crippen molar-refractivity contribution in [3.05, 3.63) is 22.7 Å². The Kier molecular flexibility index (Phi) is 5.33. The molecule has 0 spiro atoms. The number of anilines is 1. The lowest BCUT2D eigenvalue weighted by atomic mass is 9.75. The summed E-state index contributed by atoms with van der Waals surface area (Å²) < 4.78 is 12.4. The van der Waals surface area contributed by atoms with E-state index in [1.165, 1.54) is 0 Å². The molecule has 0 unspecified atom stereocenters. The highest BCUT2D eigenvalue weighted by Gasteiger charge is 2.52. The third kappa shape index (κ3) is 3.96. The fourth-order valence-corrected chi connectivity index (χ4v) is 3.16. The van der Waals surface area contributed by atoms with E-state index in [4.69, 9.17) is 25.7 Å². The Labute approximate surface area is 155 Å². The third-order valence-corrected chi connectivity index (χ3v) is 5.39. The van der Waals surface area contributed by atoms with Crippen LogP contribution in [0.4, 0.5) is 5.69 Å². The highest BCUT2D eigenvalue weighted by molar-refractivity contribution is 6.64. The molecule has 0 aromatic heterocycles. The van der Waals surface area contributed by atoms with Gasteiger partial charge in [-0.2, -0.15) is 0 Å². The van der Waals surface area contributed by atoms with Gasteiger partial charge < -0.3 is 19.5 Å². The van der Waals surface area contributed by atoms with Crippen LogP contribution in [0.15, 0.2) is 17.3 Å². The normalized spacial score (nSPS) is 22.5. The lowest BCUT2D eigenvalue weighted by Gasteiger charge is -2.32. The van der Waals surface area contributed by atoms with E-state index in [-0.39, 0.29) is 0 Å². The molecule has 0 radical (unpaired) electrons. The zero-order chi connectivity index (χ0) is 18.1. The van der Waals surface area contributed by atoms with Crippen LogP contribution >= 0.6 is 11.6 Å². The minimum Gasteiger partial charge on any atom is -0.399 e.